The van der Waals surface area contributed by atoms with Crippen LogP contribution in [0.25, 0.3) is 0 Å². The summed E-state index contributed by atoms with van der Waals surface area (Å²) in [6.07, 6.45) is 0. The van der Waals surface area contributed by atoms with Crippen LogP contribution in [0, 0.1) is 13.8 Å². The maximum Gasteiger partial charge on any atom is 0.337 e. The number of rotatable bonds is 9. The van der Waals surface area contributed by atoms with Gasteiger partial charge in [0.2, 0.25) is 0 Å². The average molecular weight is 409 g/mol. The second-order valence-electron chi connectivity index (χ2n) is 6.05. The Kier molecular flexibility index (Phi) is 6.87. The molecule has 0 fully saturated rings. The number of hydrogen-bond donors (Lipinski definition) is 2. The third-order valence-corrected chi connectivity index (χ3v) is 5.48. The number of methoxy groups -OCH3 is 2. The van der Waals surface area contributed by atoms with Gasteiger partial charge in [0.25, 0.3) is 10.0 Å². The van der Waals surface area contributed by atoms with Crippen LogP contribution in [-0.4, -0.2) is 46.9 Å². The Hall–Kier alpha value is -2.78. The first-order valence-corrected chi connectivity index (χ1v) is 9.85. The molecule has 0 aliphatic heterocycles. The summed E-state index contributed by atoms with van der Waals surface area (Å²) in [4.78, 5) is 11.7. The quantitative estimate of drug-likeness (QED) is 0.613. The first kappa shape index (κ1) is 21.5. The number of sulfonamides is 1. The first-order valence-electron chi connectivity index (χ1n) is 8.36. The molecule has 0 unspecified atom stereocenters. The van der Waals surface area contributed by atoms with Gasteiger partial charge in [-0.2, -0.15) is 0 Å². The van der Waals surface area contributed by atoms with Gasteiger partial charge in [0.1, 0.15) is 6.61 Å². The zero-order chi connectivity index (χ0) is 20.9. The van der Waals surface area contributed by atoms with Crippen LogP contribution < -0.4 is 14.2 Å². The smallest absolute Gasteiger partial charge is 0.337 e. The number of aryl methyl sites for hydroxylation is 2. The van der Waals surface area contributed by atoms with Crippen LogP contribution in [0.4, 0.5) is 5.69 Å². The highest BCUT2D eigenvalue weighted by atomic mass is 32.2. The van der Waals surface area contributed by atoms with E-state index in [4.69, 9.17) is 14.2 Å². The number of carboxylic acid groups (broad SMARTS) is 1. The topological polar surface area (TPSA) is 111 Å². The zero-order valence-electron chi connectivity index (χ0n) is 16.1. The SMILES string of the molecule is COCCOc1cc(NS(=O)(=O)c2ccc(C)c(C)c2)c(C(=O)O)cc1OC. The fourth-order valence-electron chi connectivity index (χ4n) is 2.41. The monoisotopic (exact) mass is 409 g/mol. The summed E-state index contributed by atoms with van der Waals surface area (Å²) in [5, 5.41) is 9.49. The number of benzene rings is 2. The number of carboxylic acids is 1. The van der Waals surface area contributed by atoms with E-state index in [-0.39, 0.29) is 34.3 Å². The van der Waals surface area contributed by atoms with Gasteiger partial charge in [-0.1, -0.05) is 6.07 Å². The third kappa shape index (κ3) is 4.93. The number of carbonyl (C=O) groups is 1. The van der Waals surface area contributed by atoms with Crippen LogP contribution >= 0.6 is 0 Å². The lowest BCUT2D eigenvalue weighted by Gasteiger charge is -2.16. The van der Waals surface area contributed by atoms with E-state index < -0.39 is 16.0 Å². The Morgan fingerprint density at radius 2 is 1.75 bits per heavy atom. The molecular formula is C19H23NO7S. The number of aromatic carboxylic acids is 1. The van der Waals surface area contributed by atoms with E-state index in [0.717, 1.165) is 11.1 Å². The minimum atomic E-state index is -4.00. The van der Waals surface area contributed by atoms with Gasteiger partial charge in [0.05, 0.1) is 29.9 Å². The van der Waals surface area contributed by atoms with Gasteiger partial charge >= 0.3 is 5.97 Å². The normalized spacial score (nSPS) is 11.1. The van der Waals surface area contributed by atoms with Crippen molar-refractivity contribution in [1.82, 2.24) is 0 Å². The lowest BCUT2D eigenvalue weighted by molar-refractivity contribution is 0.0697. The van der Waals surface area contributed by atoms with Crippen LogP contribution in [0.2, 0.25) is 0 Å². The maximum absolute atomic E-state index is 12.8. The van der Waals surface area contributed by atoms with Crippen molar-refractivity contribution in [3.05, 3.63) is 47.0 Å². The van der Waals surface area contributed by atoms with Crippen molar-refractivity contribution in [3.8, 4) is 11.5 Å². The Morgan fingerprint density at radius 3 is 2.32 bits per heavy atom. The molecule has 0 saturated carbocycles. The molecule has 0 aliphatic rings. The molecule has 2 N–H and O–H groups in total. The molecule has 9 heteroatoms. The van der Waals surface area contributed by atoms with E-state index in [0.29, 0.717) is 6.61 Å². The summed E-state index contributed by atoms with van der Waals surface area (Å²) in [5.74, 6) is -0.940. The molecular weight excluding hydrogens is 386 g/mol. The van der Waals surface area contributed by atoms with Gasteiger partial charge in [0.15, 0.2) is 11.5 Å². The Labute approximate surface area is 164 Å². The van der Waals surface area contributed by atoms with E-state index in [1.54, 1.807) is 13.0 Å². The summed E-state index contributed by atoms with van der Waals surface area (Å²) < 4.78 is 43.5. The summed E-state index contributed by atoms with van der Waals surface area (Å²) in [7, 11) is -1.13. The molecule has 2 aromatic carbocycles. The van der Waals surface area contributed by atoms with Gasteiger partial charge in [-0.05, 0) is 37.1 Å². The molecule has 2 aromatic rings. The molecule has 8 nitrogen and oxygen atoms in total. The molecule has 28 heavy (non-hydrogen) atoms. The highest BCUT2D eigenvalue weighted by Crippen LogP contribution is 2.35. The Bertz CT molecular complexity index is 970. The van der Waals surface area contributed by atoms with E-state index in [1.165, 1.54) is 38.5 Å². The third-order valence-electron chi connectivity index (χ3n) is 4.11. The summed E-state index contributed by atoms with van der Waals surface area (Å²) in [6.45, 7) is 4.15. The zero-order valence-corrected chi connectivity index (χ0v) is 16.9. The van der Waals surface area contributed by atoms with Gasteiger partial charge in [-0.15, -0.1) is 0 Å². The molecule has 0 atom stereocenters. The van der Waals surface area contributed by atoms with E-state index >= 15 is 0 Å². The van der Waals surface area contributed by atoms with Gasteiger partial charge in [-0.3, -0.25) is 4.72 Å². The second-order valence-corrected chi connectivity index (χ2v) is 7.73. The fraction of sp³-hybridized carbons (Fsp3) is 0.316. The largest absolute Gasteiger partial charge is 0.493 e. The number of ether oxygens (including phenoxy) is 3. The van der Waals surface area contributed by atoms with E-state index in [9.17, 15) is 18.3 Å². The summed E-state index contributed by atoms with van der Waals surface area (Å²) >= 11 is 0. The number of anilines is 1. The van der Waals surface area contributed by atoms with Gasteiger partial charge in [-0.25, -0.2) is 13.2 Å². The van der Waals surface area contributed by atoms with Gasteiger partial charge < -0.3 is 19.3 Å². The maximum atomic E-state index is 12.8. The average Bonchev–Trinajstić information content (AvgIpc) is 2.63. The number of hydrogen-bond acceptors (Lipinski definition) is 6. The lowest BCUT2D eigenvalue weighted by Crippen LogP contribution is -2.16. The number of nitrogens with one attached hydrogen (secondary N) is 1. The van der Waals surface area contributed by atoms with Gasteiger partial charge in [0, 0.05) is 19.2 Å². The summed E-state index contributed by atoms with van der Waals surface area (Å²) in [6, 6.07) is 7.18. The van der Waals surface area contributed by atoms with Crippen LogP contribution in [-0.2, 0) is 14.8 Å². The van der Waals surface area contributed by atoms with Crippen molar-refractivity contribution in [2.24, 2.45) is 0 Å². The van der Waals surface area contributed by atoms with Crippen molar-refractivity contribution in [3.63, 3.8) is 0 Å². The van der Waals surface area contributed by atoms with E-state index in [2.05, 4.69) is 4.72 Å². The second kappa shape index (κ2) is 8.94. The fourth-order valence-corrected chi connectivity index (χ4v) is 3.57. The minimum absolute atomic E-state index is 0.0320. The predicted molar refractivity (Wildman–Crippen MR) is 104 cm³/mol. The molecule has 0 heterocycles. The van der Waals surface area contributed by atoms with Crippen molar-refractivity contribution >= 4 is 21.7 Å². The van der Waals surface area contributed by atoms with Crippen molar-refractivity contribution < 1.29 is 32.5 Å². The van der Waals surface area contributed by atoms with Crippen LogP contribution in [0.1, 0.15) is 21.5 Å². The van der Waals surface area contributed by atoms with Crippen molar-refractivity contribution in [2.45, 2.75) is 18.7 Å². The highest BCUT2D eigenvalue weighted by Gasteiger charge is 2.22. The minimum Gasteiger partial charge on any atom is -0.493 e. The van der Waals surface area contributed by atoms with E-state index in [1.807, 2.05) is 6.92 Å². The Balaban J connectivity index is 2.47. The molecule has 0 amide bonds. The standard InChI is InChI=1S/C19H23NO7S/c1-12-5-6-14(9-13(12)2)28(23,24)20-16-11-18(27-8-7-25-3)17(26-4)10-15(16)19(21)22/h5-6,9-11,20H,7-8H2,1-4H3,(H,21,22). The van der Waals surface area contributed by atoms with Crippen molar-refractivity contribution in [2.75, 3.05) is 32.2 Å². The molecule has 2 rings (SSSR count). The molecule has 152 valence electrons. The Morgan fingerprint density at radius 1 is 1.04 bits per heavy atom. The van der Waals surface area contributed by atoms with Crippen LogP contribution in [0.3, 0.4) is 0 Å². The predicted octanol–water partition coefficient (Wildman–Crippen LogP) is 2.84. The van der Waals surface area contributed by atoms with Crippen LogP contribution in [0.5, 0.6) is 11.5 Å². The lowest BCUT2D eigenvalue weighted by atomic mass is 10.1. The first-order chi connectivity index (χ1) is 13.2. The molecule has 0 bridgehead atoms. The molecule has 0 saturated heterocycles. The molecule has 0 spiro atoms. The van der Waals surface area contributed by atoms with Crippen molar-refractivity contribution in [1.29, 1.82) is 0 Å². The molecule has 0 aromatic heterocycles. The molecule has 0 radical (unpaired) electrons. The highest BCUT2D eigenvalue weighted by molar-refractivity contribution is 7.92. The summed E-state index contributed by atoms with van der Waals surface area (Å²) in [5.41, 5.74) is 1.37. The molecule has 0 aliphatic carbocycles. The van der Waals surface area contributed by atoms with Crippen LogP contribution in [0.15, 0.2) is 35.2 Å².